The molecular formula is C11H14ClNO2. The SMILES string of the molecule is Clc1cc(COC2CCOCC2)ccn1. The lowest BCUT2D eigenvalue weighted by molar-refractivity contribution is -0.0390. The molecule has 1 aliphatic heterocycles. The largest absolute Gasteiger partial charge is 0.381 e. The van der Waals surface area contributed by atoms with Crippen molar-refractivity contribution < 1.29 is 9.47 Å². The smallest absolute Gasteiger partial charge is 0.129 e. The maximum Gasteiger partial charge on any atom is 0.129 e. The molecule has 3 nitrogen and oxygen atoms in total. The maximum absolute atomic E-state index is 5.78. The average molecular weight is 228 g/mol. The molecule has 82 valence electrons. The van der Waals surface area contributed by atoms with Crippen molar-refractivity contribution in [3.05, 3.63) is 29.0 Å². The molecule has 0 unspecified atom stereocenters. The molecule has 0 aromatic carbocycles. The monoisotopic (exact) mass is 227 g/mol. The standard InChI is InChI=1S/C11H14ClNO2/c12-11-7-9(1-4-13-11)8-15-10-2-5-14-6-3-10/h1,4,7,10H,2-3,5-6,8H2. The molecule has 0 N–H and O–H groups in total. The van der Waals surface area contributed by atoms with Crippen LogP contribution in [0.2, 0.25) is 5.15 Å². The normalized spacial score (nSPS) is 17.9. The third-order valence-electron chi connectivity index (χ3n) is 2.45. The Morgan fingerprint density at radius 2 is 2.27 bits per heavy atom. The van der Waals surface area contributed by atoms with Gasteiger partial charge in [-0.15, -0.1) is 0 Å². The number of rotatable bonds is 3. The van der Waals surface area contributed by atoms with Crippen molar-refractivity contribution in [1.82, 2.24) is 4.98 Å². The van der Waals surface area contributed by atoms with Crippen molar-refractivity contribution in [2.24, 2.45) is 0 Å². The van der Waals surface area contributed by atoms with Crippen LogP contribution in [0.25, 0.3) is 0 Å². The van der Waals surface area contributed by atoms with Crippen molar-refractivity contribution in [2.75, 3.05) is 13.2 Å². The first kappa shape index (κ1) is 10.9. The molecule has 0 aliphatic carbocycles. The summed E-state index contributed by atoms with van der Waals surface area (Å²) < 4.78 is 11.0. The van der Waals surface area contributed by atoms with Crippen molar-refractivity contribution in [3.8, 4) is 0 Å². The number of ether oxygens (including phenoxy) is 2. The van der Waals surface area contributed by atoms with E-state index >= 15 is 0 Å². The Balaban J connectivity index is 1.81. The highest BCUT2D eigenvalue weighted by molar-refractivity contribution is 6.29. The molecule has 1 saturated heterocycles. The van der Waals surface area contributed by atoms with E-state index in [2.05, 4.69) is 4.98 Å². The van der Waals surface area contributed by atoms with Crippen LogP contribution in [0.1, 0.15) is 18.4 Å². The van der Waals surface area contributed by atoms with Gasteiger partial charge in [0.25, 0.3) is 0 Å². The third kappa shape index (κ3) is 3.45. The fraction of sp³-hybridized carbons (Fsp3) is 0.545. The van der Waals surface area contributed by atoms with Crippen molar-refractivity contribution in [1.29, 1.82) is 0 Å². The Hall–Kier alpha value is -0.640. The van der Waals surface area contributed by atoms with Crippen molar-refractivity contribution in [3.63, 3.8) is 0 Å². The molecule has 1 aromatic heterocycles. The van der Waals surface area contributed by atoms with Crippen LogP contribution in [-0.2, 0) is 16.1 Å². The Kier molecular flexibility index (Phi) is 3.94. The molecule has 0 amide bonds. The maximum atomic E-state index is 5.78. The lowest BCUT2D eigenvalue weighted by Gasteiger charge is -2.22. The van der Waals surface area contributed by atoms with Gasteiger partial charge < -0.3 is 9.47 Å². The summed E-state index contributed by atoms with van der Waals surface area (Å²) in [5.74, 6) is 0. The Labute approximate surface area is 94.4 Å². The van der Waals surface area contributed by atoms with E-state index in [0.29, 0.717) is 17.9 Å². The van der Waals surface area contributed by atoms with E-state index in [4.69, 9.17) is 21.1 Å². The molecule has 15 heavy (non-hydrogen) atoms. The van der Waals surface area contributed by atoms with Crippen LogP contribution in [0.15, 0.2) is 18.3 Å². The van der Waals surface area contributed by atoms with E-state index in [1.807, 2.05) is 12.1 Å². The van der Waals surface area contributed by atoms with E-state index in [1.54, 1.807) is 6.20 Å². The lowest BCUT2D eigenvalue weighted by Crippen LogP contribution is -2.23. The molecule has 0 atom stereocenters. The van der Waals surface area contributed by atoms with Crippen LogP contribution < -0.4 is 0 Å². The molecule has 0 spiro atoms. The van der Waals surface area contributed by atoms with Gasteiger partial charge in [0.05, 0.1) is 12.7 Å². The van der Waals surface area contributed by atoms with Gasteiger partial charge in [-0.25, -0.2) is 4.98 Å². The quantitative estimate of drug-likeness (QED) is 0.744. The zero-order valence-electron chi connectivity index (χ0n) is 8.49. The van der Waals surface area contributed by atoms with E-state index < -0.39 is 0 Å². The highest BCUT2D eigenvalue weighted by Gasteiger charge is 2.13. The zero-order valence-corrected chi connectivity index (χ0v) is 9.24. The molecule has 1 fully saturated rings. The molecule has 1 aliphatic rings. The van der Waals surface area contributed by atoms with E-state index in [9.17, 15) is 0 Å². The Bertz CT molecular complexity index is 313. The van der Waals surface area contributed by atoms with Crippen LogP contribution in [0, 0.1) is 0 Å². The van der Waals surface area contributed by atoms with Gasteiger partial charge >= 0.3 is 0 Å². The number of halogens is 1. The zero-order chi connectivity index (χ0) is 10.5. The second kappa shape index (κ2) is 5.45. The van der Waals surface area contributed by atoms with Crippen LogP contribution in [0.5, 0.6) is 0 Å². The minimum Gasteiger partial charge on any atom is -0.381 e. The molecule has 1 aromatic rings. The summed E-state index contributed by atoms with van der Waals surface area (Å²) in [5, 5.41) is 0.517. The third-order valence-corrected chi connectivity index (χ3v) is 2.65. The number of nitrogens with zero attached hydrogens (tertiary/aromatic N) is 1. The van der Waals surface area contributed by atoms with E-state index in [1.165, 1.54) is 0 Å². The lowest BCUT2D eigenvalue weighted by atomic mass is 10.1. The van der Waals surface area contributed by atoms with Crippen LogP contribution in [0.4, 0.5) is 0 Å². The first-order valence-electron chi connectivity index (χ1n) is 5.14. The molecule has 2 heterocycles. The van der Waals surface area contributed by atoms with E-state index in [0.717, 1.165) is 31.6 Å². The summed E-state index contributed by atoms with van der Waals surface area (Å²) in [6.07, 6.45) is 3.99. The van der Waals surface area contributed by atoms with Gasteiger partial charge in [0.15, 0.2) is 0 Å². The predicted octanol–water partition coefficient (Wildman–Crippen LogP) is 2.43. The van der Waals surface area contributed by atoms with Crippen LogP contribution in [-0.4, -0.2) is 24.3 Å². The number of hydrogen-bond donors (Lipinski definition) is 0. The van der Waals surface area contributed by atoms with Crippen molar-refractivity contribution >= 4 is 11.6 Å². The minimum absolute atomic E-state index is 0.325. The topological polar surface area (TPSA) is 31.4 Å². The molecule has 2 rings (SSSR count). The van der Waals surface area contributed by atoms with Gasteiger partial charge in [-0.1, -0.05) is 11.6 Å². The Morgan fingerprint density at radius 3 is 3.00 bits per heavy atom. The fourth-order valence-corrected chi connectivity index (χ4v) is 1.79. The first-order chi connectivity index (χ1) is 7.34. The molecule has 4 heteroatoms. The van der Waals surface area contributed by atoms with Crippen LogP contribution in [0.3, 0.4) is 0 Å². The average Bonchev–Trinajstić information content (AvgIpc) is 2.28. The summed E-state index contributed by atoms with van der Waals surface area (Å²) in [6, 6.07) is 3.76. The molecule has 0 bridgehead atoms. The first-order valence-corrected chi connectivity index (χ1v) is 5.52. The van der Waals surface area contributed by atoms with Gasteiger partial charge in [0.2, 0.25) is 0 Å². The van der Waals surface area contributed by atoms with Gasteiger partial charge in [-0.2, -0.15) is 0 Å². The van der Waals surface area contributed by atoms with Gasteiger partial charge in [0.1, 0.15) is 5.15 Å². The summed E-state index contributed by atoms with van der Waals surface area (Å²) >= 11 is 5.78. The highest BCUT2D eigenvalue weighted by Crippen LogP contribution is 2.14. The molecule has 0 radical (unpaired) electrons. The fourth-order valence-electron chi connectivity index (χ4n) is 1.59. The molecular weight excluding hydrogens is 214 g/mol. The van der Waals surface area contributed by atoms with Gasteiger partial charge in [0, 0.05) is 19.4 Å². The summed E-state index contributed by atoms with van der Waals surface area (Å²) in [5.41, 5.74) is 1.07. The summed E-state index contributed by atoms with van der Waals surface area (Å²) in [6.45, 7) is 2.22. The van der Waals surface area contributed by atoms with Crippen LogP contribution >= 0.6 is 11.6 Å². The number of pyridine rings is 1. The second-order valence-corrected chi connectivity index (χ2v) is 4.00. The van der Waals surface area contributed by atoms with E-state index in [-0.39, 0.29) is 0 Å². The Morgan fingerprint density at radius 1 is 1.47 bits per heavy atom. The number of hydrogen-bond acceptors (Lipinski definition) is 3. The van der Waals surface area contributed by atoms with Gasteiger partial charge in [-0.3, -0.25) is 0 Å². The highest BCUT2D eigenvalue weighted by atomic mass is 35.5. The molecule has 0 saturated carbocycles. The second-order valence-electron chi connectivity index (χ2n) is 3.61. The van der Waals surface area contributed by atoms with Gasteiger partial charge in [-0.05, 0) is 30.5 Å². The summed E-state index contributed by atoms with van der Waals surface area (Å²) in [4.78, 5) is 3.92. The predicted molar refractivity (Wildman–Crippen MR) is 57.9 cm³/mol. The number of aromatic nitrogens is 1. The minimum atomic E-state index is 0.325. The summed E-state index contributed by atoms with van der Waals surface area (Å²) in [7, 11) is 0. The van der Waals surface area contributed by atoms with Crippen molar-refractivity contribution in [2.45, 2.75) is 25.6 Å².